The first-order chi connectivity index (χ1) is 9.86. The normalized spacial score (nSPS) is 12.7. The molecule has 1 aromatic heterocycles. The lowest BCUT2D eigenvalue weighted by Crippen LogP contribution is -2.36. The second-order valence-electron chi connectivity index (χ2n) is 5.65. The molecule has 0 aliphatic heterocycles. The van der Waals surface area contributed by atoms with E-state index in [9.17, 15) is 0 Å². The zero-order chi connectivity index (χ0) is 14.5. The van der Waals surface area contributed by atoms with Crippen LogP contribution in [0.25, 0.3) is 0 Å². The van der Waals surface area contributed by atoms with Gasteiger partial charge >= 0.3 is 0 Å². The van der Waals surface area contributed by atoms with E-state index >= 15 is 0 Å². The first kappa shape index (κ1) is 17.6. The molecule has 0 fully saturated rings. The lowest BCUT2D eigenvalue weighted by Gasteiger charge is -2.14. The Hall–Kier alpha value is -0.450. The number of thiazole rings is 1. The summed E-state index contributed by atoms with van der Waals surface area (Å²) in [4.78, 5) is 5.43. The van der Waals surface area contributed by atoms with E-state index in [0.29, 0.717) is 6.04 Å². The number of nitrogens with one attached hydrogen (secondary N) is 1. The Labute approximate surface area is 128 Å². The zero-order valence-electron chi connectivity index (χ0n) is 12.9. The molecule has 3 nitrogen and oxygen atoms in total. The second-order valence-corrected chi connectivity index (χ2v) is 6.62. The summed E-state index contributed by atoms with van der Waals surface area (Å²) in [6.45, 7) is 2.27. The minimum absolute atomic E-state index is 0.403. The van der Waals surface area contributed by atoms with Crippen LogP contribution in [-0.2, 0) is 6.42 Å². The van der Waals surface area contributed by atoms with Gasteiger partial charge in [-0.15, -0.1) is 11.3 Å². The van der Waals surface area contributed by atoms with Crippen LogP contribution in [0.4, 0.5) is 0 Å². The van der Waals surface area contributed by atoms with Crippen molar-refractivity contribution in [2.75, 3.05) is 0 Å². The van der Waals surface area contributed by atoms with Crippen molar-refractivity contribution in [2.24, 2.45) is 5.84 Å². The van der Waals surface area contributed by atoms with Crippen LogP contribution in [-0.4, -0.2) is 11.0 Å². The van der Waals surface area contributed by atoms with Crippen molar-refractivity contribution in [3.05, 3.63) is 16.6 Å². The van der Waals surface area contributed by atoms with E-state index in [4.69, 9.17) is 5.84 Å². The molecule has 20 heavy (non-hydrogen) atoms. The molecule has 0 amide bonds. The summed E-state index contributed by atoms with van der Waals surface area (Å²) in [5.41, 5.74) is 4.83. The van der Waals surface area contributed by atoms with Gasteiger partial charge in [0, 0.05) is 23.5 Å². The number of hydrogen-bond donors (Lipinski definition) is 2. The molecular formula is C16H31N3S. The van der Waals surface area contributed by atoms with Gasteiger partial charge in [0.25, 0.3) is 0 Å². The lowest BCUT2D eigenvalue weighted by atomic mass is 10.0. The van der Waals surface area contributed by atoms with Gasteiger partial charge in [0.05, 0.1) is 5.51 Å². The summed E-state index contributed by atoms with van der Waals surface area (Å²) < 4.78 is 0. The third-order valence-corrected chi connectivity index (χ3v) is 4.62. The highest BCUT2D eigenvalue weighted by atomic mass is 32.1. The number of hydrogen-bond acceptors (Lipinski definition) is 4. The van der Waals surface area contributed by atoms with Gasteiger partial charge in [-0.2, -0.15) is 0 Å². The number of hydrazine groups is 1. The van der Waals surface area contributed by atoms with Gasteiger partial charge in [0.1, 0.15) is 0 Å². The Bertz CT molecular complexity index is 301. The van der Waals surface area contributed by atoms with Crippen LogP contribution in [0.5, 0.6) is 0 Å². The van der Waals surface area contributed by atoms with Crippen LogP contribution in [0.15, 0.2) is 11.7 Å². The van der Waals surface area contributed by atoms with Gasteiger partial charge in [0.2, 0.25) is 0 Å². The monoisotopic (exact) mass is 297 g/mol. The average Bonchev–Trinajstić information content (AvgIpc) is 2.97. The lowest BCUT2D eigenvalue weighted by molar-refractivity contribution is 0.459. The largest absolute Gasteiger partial charge is 0.271 e. The molecule has 1 rings (SSSR count). The summed E-state index contributed by atoms with van der Waals surface area (Å²) >= 11 is 1.72. The van der Waals surface area contributed by atoms with Gasteiger partial charge in [-0.05, 0) is 6.42 Å². The number of nitrogens with two attached hydrogens (primary N) is 1. The molecule has 4 heteroatoms. The molecule has 1 unspecified atom stereocenters. The Balaban J connectivity index is 1.93. The van der Waals surface area contributed by atoms with E-state index in [0.717, 1.165) is 6.42 Å². The third kappa shape index (κ3) is 8.67. The van der Waals surface area contributed by atoms with Gasteiger partial charge in [-0.1, -0.05) is 64.7 Å². The summed E-state index contributed by atoms with van der Waals surface area (Å²) in [5.74, 6) is 5.63. The van der Waals surface area contributed by atoms with E-state index in [-0.39, 0.29) is 0 Å². The molecule has 0 bridgehead atoms. The Kier molecular flexibility index (Phi) is 10.8. The van der Waals surface area contributed by atoms with Crippen LogP contribution >= 0.6 is 11.3 Å². The summed E-state index contributed by atoms with van der Waals surface area (Å²) in [6.07, 6.45) is 16.5. The van der Waals surface area contributed by atoms with Crippen molar-refractivity contribution >= 4 is 11.3 Å². The van der Waals surface area contributed by atoms with E-state index in [1.165, 1.54) is 69.1 Å². The average molecular weight is 298 g/mol. The molecule has 1 heterocycles. The summed E-state index contributed by atoms with van der Waals surface area (Å²) in [5, 5.41) is 0. The van der Waals surface area contributed by atoms with Crippen LogP contribution in [0.3, 0.4) is 0 Å². The fraction of sp³-hybridized carbons (Fsp3) is 0.812. The highest BCUT2D eigenvalue weighted by Crippen LogP contribution is 2.14. The Morgan fingerprint density at radius 2 is 1.75 bits per heavy atom. The predicted octanol–water partition coefficient (Wildman–Crippen LogP) is 4.44. The fourth-order valence-corrected chi connectivity index (χ4v) is 3.21. The number of nitrogens with zero attached hydrogens (tertiary/aromatic N) is 1. The SMILES string of the molecule is CCCCCCCCCCCC(Cc1cncs1)NN. The molecule has 0 spiro atoms. The van der Waals surface area contributed by atoms with E-state index in [2.05, 4.69) is 17.3 Å². The van der Waals surface area contributed by atoms with Gasteiger partial charge in [-0.3, -0.25) is 16.3 Å². The fourth-order valence-electron chi connectivity index (χ4n) is 2.53. The van der Waals surface area contributed by atoms with E-state index < -0.39 is 0 Å². The third-order valence-electron chi connectivity index (χ3n) is 3.82. The van der Waals surface area contributed by atoms with Crippen molar-refractivity contribution in [3.63, 3.8) is 0 Å². The predicted molar refractivity (Wildman–Crippen MR) is 88.8 cm³/mol. The number of unbranched alkanes of at least 4 members (excludes halogenated alkanes) is 8. The van der Waals surface area contributed by atoms with Crippen molar-refractivity contribution in [3.8, 4) is 0 Å². The maximum Gasteiger partial charge on any atom is 0.0794 e. The molecule has 1 atom stereocenters. The molecule has 116 valence electrons. The maximum absolute atomic E-state index is 5.63. The first-order valence-corrected chi connectivity index (χ1v) is 9.08. The van der Waals surface area contributed by atoms with Crippen LogP contribution in [0.2, 0.25) is 0 Å². The van der Waals surface area contributed by atoms with E-state index in [1.54, 1.807) is 11.3 Å². The maximum atomic E-state index is 5.63. The molecule has 3 N–H and O–H groups in total. The first-order valence-electron chi connectivity index (χ1n) is 8.20. The van der Waals surface area contributed by atoms with Gasteiger partial charge < -0.3 is 0 Å². The second kappa shape index (κ2) is 12.3. The summed E-state index contributed by atoms with van der Waals surface area (Å²) in [6, 6.07) is 0.403. The van der Waals surface area contributed by atoms with Crippen LogP contribution < -0.4 is 11.3 Å². The Morgan fingerprint density at radius 3 is 2.30 bits per heavy atom. The molecule has 1 aromatic rings. The number of aromatic nitrogens is 1. The molecule has 0 saturated heterocycles. The number of rotatable bonds is 13. The topological polar surface area (TPSA) is 50.9 Å². The quantitative estimate of drug-likeness (QED) is 0.321. The highest BCUT2D eigenvalue weighted by molar-refractivity contribution is 7.09. The van der Waals surface area contributed by atoms with Gasteiger partial charge in [0.15, 0.2) is 0 Å². The van der Waals surface area contributed by atoms with Crippen molar-refractivity contribution in [1.82, 2.24) is 10.4 Å². The van der Waals surface area contributed by atoms with Crippen molar-refractivity contribution < 1.29 is 0 Å². The highest BCUT2D eigenvalue weighted by Gasteiger charge is 2.08. The summed E-state index contributed by atoms with van der Waals surface area (Å²) in [7, 11) is 0. The molecule has 0 aliphatic carbocycles. The van der Waals surface area contributed by atoms with Crippen LogP contribution in [0, 0.1) is 0 Å². The Morgan fingerprint density at radius 1 is 1.10 bits per heavy atom. The standard InChI is InChI=1S/C16H31N3S/c1-2-3-4-5-6-7-8-9-10-11-15(19-17)12-16-13-18-14-20-16/h13-15,19H,2-12,17H2,1H3. The van der Waals surface area contributed by atoms with Crippen molar-refractivity contribution in [2.45, 2.75) is 83.6 Å². The van der Waals surface area contributed by atoms with Gasteiger partial charge in [-0.25, -0.2) is 0 Å². The van der Waals surface area contributed by atoms with Crippen molar-refractivity contribution in [1.29, 1.82) is 0 Å². The minimum atomic E-state index is 0.403. The minimum Gasteiger partial charge on any atom is -0.271 e. The molecular weight excluding hydrogens is 266 g/mol. The zero-order valence-corrected chi connectivity index (χ0v) is 13.8. The molecule has 0 aliphatic rings. The van der Waals surface area contributed by atoms with Crippen LogP contribution in [0.1, 0.15) is 76.0 Å². The van der Waals surface area contributed by atoms with E-state index in [1.807, 2.05) is 11.7 Å². The molecule has 0 aromatic carbocycles. The molecule has 0 radical (unpaired) electrons. The smallest absolute Gasteiger partial charge is 0.0794 e. The molecule has 0 saturated carbocycles.